The van der Waals surface area contributed by atoms with E-state index >= 15 is 0 Å². The molecule has 1 aromatic heterocycles. The fraction of sp³-hybridized carbons (Fsp3) is 0.667. The highest BCUT2D eigenvalue weighted by molar-refractivity contribution is 14.1. The van der Waals surface area contributed by atoms with Crippen LogP contribution in [0.25, 0.3) is 0 Å². The summed E-state index contributed by atoms with van der Waals surface area (Å²) in [6.07, 6.45) is 3.18. The highest BCUT2D eigenvalue weighted by Gasteiger charge is 2.19. The SMILES string of the molecule is Cc1cnn2c1N(C)CC(I)CC2. The van der Waals surface area contributed by atoms with E-state index in [1.807, 2.05) is 6.20 Å². The lowest BCUT2D eigenvalue weighted by atomic mass is 10.3. The maximum Gasteiger partial charge on any atom is 0.129 e. The topological polar surface area (TPSA) is 21.1 Å². The third-order valence-electron chi connectivity index (χ3n) is 2.48. The molecule has 1 atom stereocenters. The first kappa shape index (κ1) is 9.30. The van der Waals surface area contributed by atoms with Gasteiger partial charge in [-0.15, -0.1) is 0 Å². The van der Waals surface area contributed by atoms with Crippen LogP contribution in [-0.2, 0) is 6.54 Å². The molecule has 0 radical (unpaired) electrons. The second-order valence-electron chi connectivity index (χ2n) is 3.64. The smallest absolute Gasteiger partial charge is 0.129 e. The summed E-state index contributed by atoms with van der Waals surface area (Å²) < 4.78 is 2.86. The Bertz CT molecular complexity index is 308. The van der Waals surface area contributed by atoms with Gasteiger partial charge in [0, 0.05) is 29.6 Å². The summed E-state index contributed by atoms with van der Waals surface area (Å²) in [5.74, 6) is 1.29. The first-order chi connectivity index (χ1) is 6.18. The summed E-state index contributed by atoms with van der Waals surface area (Å²) in [4.78, 5) is 2.31. The van der Waals surface area contributed by atoms with Gasteiger partial charge in [0.25, 0.3) is 0 Å². The van der Waals surface area contributed by atoms with E-state index in [2.05, 4.69) is 51.2 Å². The molecule has 0 aromatic carbocycles. The normalized spacial score (nSPS) is 22.7. The fourth-order valence-electron chi connectivity index (χ4n) is 1.87. The lowest BCUT2D eigenvalue weighted by molar-refractivity contribution is 0.604. The van der Waals surface area contributed by atoms with Crippen molar-refractivity contribution >= 4 is 28.4 Å². The molecule has 0 aliphatic carbocycles. The quantitative estimate of drug-likeness (QED) is 0.537. The first-order valence-electron chi connectivity index (χ1n) is 4.56. The molecular weight excluding hydrogens is 277 g/mol. The molecule has 0 saturated carbocycles. The van der Waals surface area contributed by atoms with Crippen molar-refractivity contribution in [1.29, 1.82) is 0 Å². The van der Waals surface area contributed by atoms with Crippen molar-refractivity contribution in [2.24, 2.45) is 0 Å². The van der Waals surface area contributed by atoms with Crippen LogP contribution in [0.2, 0.25) is 0 Å². The summed E-state index contributed by atoms with van der Waals surface area (Å²) in [5, 5.41) is 4.37. The predicted octanol–water partition coefficient (Wildman–Crippen LogP) is 1.84. The molecule has 2 heterocycles. The zero-order valence-corrected chi connectivity index (χ0v) is 10.2. The Morgan fingerprint density at radius 2 is 2.38 bits per heavy atom. The number of hydrogen-bond acceptors (Lipinski definition) is 2. The zero-order chi connectivity index (χ0) is 9.42. The molecule has 0 fully saturated rings. The van der Waals surface area contributed by atoms with Crippen molar-refractivity contribution in [2.45, 2.75) is 23.8 Å². The molecule has 0 spiro atoms. The predicted molar refractivity (Wildman–Crippen MR) is 62.7 cm³/mol. The molecule has 0 bridgehead atoms. The number of anilines is 1. The Morgan fingerprint density at radius 3 is 3.15 bits per heavy atom. The van der Waals surface area contributed by atoms with Crippen LogP contribution in [0.4, 0.5) is 5.82 Å². The molecule has 13 heavy (non-hydrogen) atoms. The molecule has 3 nitrogen and oxygen atoms in total. The molecule has 0 N–H and O–H groups in total. The maximum atomic E-state index is 4.37. The Morgan fingerprint density at radius 1 is 1.62 bits per heavy atom. The molecule has 1 aliphatic heterocycles. The van der Waals surface area contributed by atoms with Gasteiger partial charge in [0.05, 0.1) is 6.20 Å². The van der Waals surface area contributed by atoms with Crippen molar-refractivity contribution in [1.82, 2.24) is 9.78 Å². The summed E-state index contributed by atoms with van der Waals surface area (Å²) in [5.41, 5.74) is 1.29. The van der Waals surface area contributed by atoms with E-state index in [1.165, 1.54) is 17.8 Å². The molecule has 72 valence electrons. The van der Waals surface area contributed by atoms with Crippen molar-refractivity contribution in [3.63, 3.8) is 0 Å². The average Bonchev–Trinajstić information content (AvgIpc) is 2.36. The molecular formula is C9H14IN3. The molecule has 0 saturated heterocycles. The monoisotopic (exact) mass is 291 g/mol. The summed E-state index contributed by atoms with van der Waals surface area (Å²) in [7, 11) is 2.15. The number of fused-ring (bicyclic) bond motifs is 1. The van der Waals surface area contributed by atoms with Gasteiger partial charge < -0.3 is 4.90 Å². The minimum atomic E-state index is 0.740. The number of aromatic nitrogens is 2. The minimum absolute atomic E-state index is 0.740. The van der Waals surface area contributed by atoms with Crippen LogP contribution >= 0.6 is 22.6 Å². The van der Waals surface area contributed by atoms with Gasteiger partial charge in [0.15, 0.2) is 0 Å². The first-order valence-corrected chi connectivity index (χ1v) is 5.80. The van der Waals surface area contributed by atoms with E-state index in [9.17, 15) is 0 Å². The van der Waals surface area contributed by atoms with E-state index in [0.717, 1.165) is 17.0 Å². The van der Waals surface area contributed by atoms with Crippen molar-refractivity contribution in [3.8, 4) is 0 Å². The molecule has 4 heteroatoms. The fourth-order valence-corrected chi connectivity index (χ4v) is 2.74. The van der Waals surface area contributed by atoms with E-state index in [0.29, 0.717) is 0 Å². The molecule has 1 aliphatic rings. The third kappa shape index (κ3) is 1.68. The summed E-state index contributed by atoms with van der Waals surface area (Å²) in [6, 6.07) is 0. The number of halogens is 1. The molecule has 1 aromatic rings. The van der Waals surface area contributed by atoms with Gasteiger partial charge in [0.2, 0.25) is 0 Å². The van der Waals surface area contributed by atoms with Gasteiger partial charge in [-0.25, -0.2) is 4.68 Å². The van der Waals surface area contributed by atoms with Crippen molar-refractivity contribution < 1.29 is 0 Å². The summed E-state index contributed by atoms with van der Waals surface area (Å²) in [6.45, 7) is 4.32. The largest absolute Gasteiger partial charge is 0.359 e. The number of alkyl halides is 1. The van der Waals surface area contributed by atoms with Gasteiger partial charge in [-0.3, -0.25) is 0 Å². The van der Waals surface area contributed by atoms with Gasteiger partial charge in [-0.05, 0) is 13.3 Å². The second kappa shape index (κ2) is 3.48. The summed E-state index contributed by atoms with van der Waals surface area (Å²) >= 11 is 2.52. The average molecular weight is 291 g/mol. The van der Waals surface area contributed by atoms with E-state index in [-0.39, 0.29) is 0 Å². The van der Waals surface area contributed by atoms with Crippen molar-refractivity contribution in [3.05, 3.63) is 11.8 Å². The molecule has 0 amide bonds. The Hall–Kier alpha value is -0.260. The lowest BCUT2D eigenvalue weighted by Crippen LogP contribution is -2.24. The zero-order valence-electron chi connectivity index (χ0n) is 8.00. The number of aryl methyl sites for hydroxylation is 2. The number of rotatable bonds is 0. The van der Waals surface area contributed by atoms with Gasteiger partial charge in [0.1, 0.15) is 5.82 Å². The van der Waals surface area contributed by atoms with Crippen LogP contribution in [0.5, 0.6) is 0 Å². The minimum Gasteiger partial charge on any atom is -0.359 e. The van der Waals surface area contributed by atoms with Gasteiger partial charge in [-0.1, -0.05) is 22.6 Å². The van der Waals surface area contributed by atoms with Crippen LogP contribution in [-0.4, -0.2) is 27.3 Å². The lowest BCUT2D eigenvalue weighted by Gasteiger charge is -2.19. The van der Waals surface area contributed by atoms with Crippen LogP contribution < -0.4 is 4.90 Å². The Kier molecular flexibility index (Phi) is 2.49. The van der Waals surface area contributed by atoms with Crippen LogP contribution in [0.15, 0.2) is 6.20 Å². The number of hydrogen-bond donors (Lipinski definition) is 0. The van der Waals surface area contributed by atoms with Crippen LogP contribution in [0.3, 0.4) is 0 Å². The second-order valence-corrected chi connectivity index (χ2v) is 5.40. The Labute approximate surface area is 92.2 Å². The molecule has 1 unspecified atom stereocenters. The maximum absolute atomic E-state index is 4.37. The van der Waals surface area contributed by atoms with Gasteiger partial charge >= 0.3 is 0 Å². The standard InChI is InChI=1S/C9H14IN3/c1-7-5-11-13-4-3-8(10)6-12(2)9(7)13/h5,8H,3-4,6H2,1-2H3. The van der Waals surface area contributed by atoms with E-state index in [4.69, 9.17) is 0 Å². The molecule has 2 rings (SSSR count). The highest BCUT2D eigenvalue weighted by atomic mass is 127. The van der Waals surface area contributed by atoms with Crippen LogP contribution in [0.1, 0.15) is 12.0 Å². The van der Waals surface area contributed by atoms with Crippen molar-refractivity contribution in [2.75, 3.05) is 18.5 Å². The van der Waals surface area contributed by atoms with Crippen LogP contribution in [0, 0.1) is 6.92 Å². The van der Waals surface area contributed by atoms with Gasteiger partial charge in [-0.2, -0.15) is 5.10 Å². The third-order valence-corrected chi connectivity index (χ3v) is 3.49. The number of nitrogens with zero attached hydrogens (tertiary/aromatic N) is 3. The Balaban J connectivity index is 2.37. The highest BCUT2D eigenvalue weighted by Crippen LogP contribution is 2.24. The van der Waals surface area contributed by atoms with E-state index in [1.54, 1.807) is 0 Å². The van der Waals surface area contributed by atoms with E-state index < -0.39 is 0 Å².